The Bertz CT molecular complexity index is 722. The summed E-state index contributed by atoms with van der Waals surface area (Å²) in [7, 11) is 1.44. The van der Waals surface area contributed by atoms with Crippen molar-refractivity contribution in [2.75, 3.05) is 20.2 Å². The Morgan fingerprint density at radius 3 is 2.58 bits per heavy atom. The van der Waals surface area contributed by atoms with Crippen LogP contribution in [0.2, 0.25) is 0 Å². The number of rotatable bonds is 5. The molecular formula is C20H26N2O3S. The van der Waals surface area contributed by atoms with Gasteiger partial charge < -0.3 is 14.4 Å². The van der Waals surface area contributed by atoms with E-state index in [9.17, 15) is 4.79 Å². The van der Waals surface area contributed by atoms with Crippen molar-refractivity contribution in [1.82, 2.24) is 9.27 Å². The van der Waals surface area contributed by atoms with Crippen LogP contribution in [0.15, 0.2) is 30.3 Å². The molecule has 0 unspecified atom stereocenters. The number of benzene rings is 1. The van der Waals surface area contributed by atoms with E-state index in [1.165, 1.54) is 23.1 Å². The summed E-state index contributed by atoms with van der Waals surface area (Å²) in [6.45, 7) is 5.50. The van der Waals surface area contributed by atoms with Gasteiger partial charge in [0, 0.05) is 30.0 Å². The third-order valence-corrected chi connectivity index (χ3v) is 5.69. The number of likely N-dealkylation sites (tertiary alicyclic amines) is 1. The van der Waals surface area contributed by atoms with Crippen LogP contribution in [-0.4, -0.2) is 41.7 Å². The lowest BCUT2D eigenvalue weighted by Crippen LogP contribution is -2.37. The second-order valence-electron chi connectivity index (χ2n) is 6.89. The van der Waals surface area contributed by atoms with Gasteiger partial charge in [-0.3, -0.25) is 0 Å². The number of hydrogen-bond donors (Lipinski definition) is 0. The van der Waals surface area contributed by atoms with E-state index in [-0.39, 0.29) is 12.2 Å². The molecule has 0 aliphatic carbocycles. The maximum absolute atomic E-state index is 11.7. The van der Waals surface area contributed by atoms with Crippen LogP contribution in [-0.2, 0) is 11.2 Å². The number of hydrogen-bond acceptors (Lipinski definition) is 5. The van der Waals surface area contributed by atoms with Crippen LogP contribution in [0.5, 0.6) is 5.88 Å². The molecule has 140 valence electrons. The molecule has 2 heterocycles. The highest BCUT2D eigenvalue weighted by Crippen LogP contribution is 2.39. The van der Waals surface area contributed by atoms with Crippen LogP contribution >= 0.6 is 11.5 Å². The number of carbonyl (C=O) groups excluding carboxylic acids is 1. The van der Waals surface area contributed by atoms with Crippen LogP contribution in [0, 0.1) is 0 Å². The summed E-state index contributed by atoms with van der Waals surface area (Å²) in [5.41, 5.74) is 2.46. The normalized spacial score (nSPS) is 15.3. The quantitative estimate of drug-likeness (QED) is 0.775. The molecule has 0 N–H and O–H groups in total. The summed E-state index contributed by atoms with van der Waals surface area (Å²) in [6, 6.07) is 10.4. The zero-order chi connectivity index (χ0) is 18.5. The molecule has 2 aromatic rings. The highest BCUT2D eigenvalue weighted by molar-refractivity contribution is 7.06. The first-order valence-electron chi connectivity index (χ1n) is 9.10. The first-order valence-corrected chi connectivity index (χ1v) is 9.87. The van der Waals surface area contributed by atoms with Crippen LogP contribution in [0.1, 0.15) is 48.6 Å². The monoisotopic (exact) mass is 374 g/mol. The van der Waals surface area contributed by atoms with E-state index in [0.29, 0.717) is 5.92 Å². The number of aromatic nitrogens is 1. The van der Waals surface area contributed by atoms with E-state index in [0.717, 1.165) is 38.2 Å². The molecule has 1 aliphatic rings. The Kier molecular flexibility index (Phi) is 6.14. The number of nitrogens with zero attached hydrogens (tertiary/aromatic N) is 2. The van der Waals surface area contributed by atoms with E-state index in [1.807, 2.05) is 19.9 Å². The fraction of sp³-hybridized carbons (Fsp3) is 0.500. The smallest absolute Gasteiger partial charge is 0.409 e. The van der Waals surface area contributed by atoms with E-state index in [1.54, 1.807) is 16.4 Å². The van der Waals surface area contributed by atoms with Crippen molar-refractivity contribution < 1.29 is 14.3 Å². The lowest BCUT2D eigenvalue weighted by Gasteiger charge is -2.30. The van der Waals surface area contributed by atoms with Crippen molar-refractivity contribution in [3.05, 3.63) is 46.3 Å². The topological polar surface area (TPSA) is 51.7 Å². The summed E-state index contributed by atoms with van der Waals surface area (Å²) in [5, 5.41) is 0. The summed E-state index contributed by atoms with van der Waals surface area (Å²) in [4.78, 5) is 14.8. The molecule has 0 bridgehead atoms. The molecule has 26 heavy (non-hydrogen) atoms. The van der Waals surface area contributed by atoms with Crippen LogP contribution in [0.3, 0.4) is 0 Å². The van der Waals surface area contributed by atoms with E-state index in [4.69, 9.17) is 9.47 Å². The lowest BCUT2D eigenvalue weighted by atomic mass is 9.91. The van der Waals surface area contributed by atoms with Gasteiger partial charge in [0.2, 0.25) is 5.88 Å². The van der Waals surface area contributed by atoms with Gasteiger partial charge in [0.15, 0.2) is 0 Å². The van der Waals surface area contributed by atoms with Crippen LogP contribution in [0.4, 0.5) is 4.79 Å². The number of ether oxygens (including phenoxy) is 2. The Morgan fingerprint density at radius 1 is 1.27 bits per heavy atom. The predicted molar refractivity (Wildman–Crippen MR) is 103 cm³/mol. The molecule has 1 aromatic carbocycles. The number of piperidine rings is 1. The molecule has 1 aromatic heterocycles. The molecule has 5 nitrogen and oxygen atoms in total. The summed E-state index contributed by atoms with van der Waals surface area (Å²) < 4.78 is 15.4. The van der Waals surface area contributed by atoms with Gasteiger partial charge in [-0.25, -0.2) is 4.79 Å². The molecule has 6 heteroatoms. The Hall–Kier alpha value is -2.08. The van der Waals surface area contributed by atoms with Gasteiger partial charge in [0.1, 0.15) is 0 Å². The second kappa shape index (κ2) is 8.54. The van der Waals surface area contributed by atoms with Crippen LogP contribution < -0.4 is 4.74 Å². The van der Waals surface area contributed by atoms with Gasteiger partial charge in [-0.15, -0.1) is 0 Å². The number of methoxy groups -OCH3 is 1. The van der Waals surface area contributed by atoms with Gasteiger partial charge in [0.05, 0.1) is 13.2 Å². The predicted octanol–water partition coefficient (Wildman–Crippen LogP) is 4.47. The van der Waals surface area contributed by atoms with Crippen molar-refractivity contribution >= 4 is 17.6 Å². The van der Waals surface area contributed by atoms with E-state index >= 15 is 0 Å². The average Bonchev–Trinajstić information content (AvgIpc) is 3.03. The SMILES string of the molecule is COC(=O)N1CCC(c2snc(OC(C)C)c2Cc2ccccc2)CC1. The molecule has 1 saturated heterocycles. The Labute approximate surface area is 159 Å². The molecule has 0 saturated carbocycles. The Balaban J connectivity index is 1.80. The molecular weight excluding hydrogens is 348 g/mol. The van der Waals surface area contributed by atoms with Gasteiger partial charge >= 0.3 is 6.09 Å². The molecule has 1 amide bonds. The summed E-state index contributed by atoms with van der Waals surface area (Å²) in [5.74, 6) is 1.18. The van der Waals surface area contributed by atoms with Crippen molar-refractivity contribution in [1.29, 1.82) is 0 Å². The van der Waals surface area contributed by atoms with Crippen molar-refractivity contribution in [3.63, 3.8) is 0 Å². The summed E-state index contributed by atoms with van der Waals surface area (Å²) >= 11 is 1.55. The summed E-state index contributed by atoms with van der Waals surface area (Å²) in [6.07, 6.45) is 2.55. The minimum absolute atomic E-state index is 0.0978. The molecule has 3 rings (SSSR count). The van der Waals surface area contributed by atoms with E-state index < -0.39 is 0 Å². The molecule has 1 aliphatic heterocycles. The largest absolute Gasteiger partial charge is 0.474 e. The zero-order valence-electron chi connectivity index (χ0n) is 15.6. The zero-order valence-corrected chi connectivity index (χ0v) is 16.4. The fourth-order valence-electron chi connectivity index (χ4n) is 3.36. The average molecular weight is 375 g/mol. The molecule has 1 fully saturated rings. The van der Waals surface area contributed by atoms with Crippen molar-refractivity contribution in [3.8, 4) is 5.88 Å². The maximum Gasteiger partial charge on any atom is 0.409 e. The van der Waals surface area contributed by atoms with Gasteiger partial charge in [-0.2, -0.15) is 4.37 Å². The molecule has 0 radical (unpaired) electrons. The molecule has 0 atom stereocenters. The minimum atomic E-state index is -0.235. The van der Waals surface area contributed by atoms with E-state index in [2.05, 4.69) is 28.6 Å². The van der Waals surface area contributed by atoms with Crippen molar-refractivity contribution in [2.24, 2.45) is 0 Å². The first-order chi connectivity index (χ1) is 12.6. The minimum Gasteiger partial charge on any atom is -0.474 e. The van der Waals surface area contributed by atoms with Gasteiger partial charge in [0.25, 0.3) is 0 Å². The second-order valence-corrected chi connectivity index (χ2v) is 7.70. The maximum atomic E-state index is 11.7. The highest BCUT2D eigenvalue weighted by Gasteiger charge is 2.29. The standard InChI is InChI=1S/C20H26N2O3S/c1-14(2)25-19-17(13-15-7-5-4-6-8-15)18(26-21-19)16-9-11-22(12-10-16)20(23)24-3/h4-8,14,16H,9-13H2,1-3H3. The lowest BCUT2D eigenvalue weighted by molar-refractivity contribution is 0.112. The third kappa shape index (κ3) is 4.36. The first kappa shape index (κ1) is 18.7. The van der Waals surface area contributed by atoms with Gasteiger partial charge in [-0.05, 0) is 49.7 Å². The number of carbonyl (C=O) groups is 1. The Morgan fingerprint density at radius 2 is 1.96 bits per heavy atom. The highest BCUT2D eigenvalue weighted by atomic mass is 32.1. The fourth-order valence-corrected chi connectivity index (χ4v) is 4.35. The van der Waals surface area contributed by atoms with Crippen molar-refractivity contribution in [2.45, 2.75) is 45.1 Å². The third-order valence-electron chi connectivity index (χ3n) is 4.65. The van der Waals surface area contributed by atoms with Gasteiger partial charge in [-0.1, -0.05) is 30.3 Å². The van der Waals surface area contributed by atoms with Crippen LogP contribution in [0.25, 0.3) is 0 Å². The number of amides is 1. The molecule has 0 spiro atoms.